The Morgan fingerprint density at radius 1 is 1.18 bits per heavy atom. The SMILES string of the molecule is Cc1cc(C(F)(F)F)ncc1C1CCCCC1. The molecule has 1 saturated carbocycles. The molecule has 0 atom stereocenters. The first kappa shape index (κ1) is 12.4. The van der Waals surface area contributed by atoms with Crippen LogP contribution in [0.3, 0.4) is 0 Å². The van der Waals surface area contributed by atoms with Gasteiger partial charge < -0.3 is 0 Å². The third kappa shape index (κ3) is 2.79. The number of nitrogens with zero attached hydrogens (tertiary/aromatic N) is 1. The van der Waals surface area contributed by atoms with Gasteiger partial charge in [-0.1, -0.05) is 19.3 Å². The molecule has 0 unspecified atom stereocenters. The van der Waals surface area contributed by atoms with Crippen LogP contribution in [0.4, 0.5) is 13.2 Å². The molecule has 1 aromatic heterocycles. The van der Waals surface area contributed by atoms with Gasteiger partial charge in [-0.25, -0.2) is 0 Å². The number of hydrogen-bond donors (Lipinski definition) is 0. The molecular weight excluding hydrogens is 227 g/mol. The van der Waals surface area contributed by atoms with Gasteiger partial charge in [-0.3, -0.25) is 4.98 Å². The maximum absolute atomic E-state index is 12.5. The highest BCUT2D eigenvalue weighted by atomic mass is 19.4. The molecule has 0 radical (unpaired) electrons. The monoisotopic (exact) mass is 243 g/mol. The van der Waals surface area contributed by atoms with Gasteiger partial charge in [-0.2, -0.15) is 13.2 Å². The van der Waals surface area contributed by atoms with E-state index in [2.05, 4.69) is 4.98 Å². The van der Waals surface area contributed by atoms with E-state index in [4.69, 9.17) is 0 Å². The van der Waals surface area contributed by atoms with Crippen molar-refractivity contribution in [2.24, 2.45) is 0 Å². The third-order valence-corrected chi connectivity index (χ3v) is 3.49. The lowest BCUT2D eigenvalue weighted by molar-refractivity contribution is -0.141. The van der Waals surface area contributed by atoms with Crippen molar-refractivity contribution >= 4 is 0 Å². The summed E-state index contributed by atoms with van der Waals surface area (Å²) in [5.41, 5.74) is 0.937. The second-order valence-electron chi connectivity index (χ2n) is 4.76. The standard InChI is InChI=1S/C13H16F3N/c1-9-7-12(13(14,15)16)17-8-11(9)10-5-3-2-4-6-10/h7-8,10H,2-6H2,1H3. The van der Waals surface area contributed by atoms with E-state index in [1.165, 1.54) is 31.5 Å². The Morgan fingerprint density at radius 2 is 1.82 bits per heavy atom. The van der Waals surface area contributed by atoms with E-state index in [1.807, 2.05) is 0 Å². The topological polar surface area (TPSA) is 12.9 Å². The van der Waals surface area contributed by atoms with Crippen LogP contribution in [0.15, 0.2) is 12.3 Å². The summed E-state index contributed by atoms with van der Waals surface area (Å²) >= 11 is 0. The van der Waals surface area contributed by atoms with E-state index in [1.54, 1.807) is 6.92 Å². The number of aryl methyl sites for hydroxylation is 1. The number of alkyl halides is 3. The molecule has 0 saturated heterocycles. The molecule has 1 aromatic rings. The molecular formula is C13H16F3N. The van der Waals surface area contributed by atoms with E-state index in [0.717, 1.165) is 24.0 Å². The van der Waals surface area contributed by atoms with Gasteiger partial charge in [0.05, 0.1) is 0 Å². The molecule has 1 aliphatic carbocycles. The first-order valence-electron chi connectivity index (χ1n) is 6.02. The fraction of sp³-hybridized carbons (Fsp3) is 0.615. The summed E-state index contributed by atoms with van der Waals surface area (Å²) in [6, 6.07) is 1.17. The minimum absolute atomic E-state index is 0.401. The van der Waals surface area contributed by atoms with E-state index in [0.29, 0.717) is 5.92 Å². The Morgan fingerprint density at radius 3 is 2.35 bits per heavy atom. The maximum Gasteiger partial charge on any atom is 0.433 e. The highest BCUT2D eigenvalue weighted by Gasteiger charge is 2.33. The number of pyridine rings is 1. The smallest absolute Gasteiger partial charge is 0.251 e. The van der Waals surface area contributed by atoms with Gasteiger partial charge in [0.2, 0.25) is 0 Å². The van der Waals surface area contributed by atoms with Gasteiger partial charge in [0.1, 0.15) is 5.69 Å². The normalized spacial score (nSPS) is 18.4. The number of hydrogen-bond acceptors (Lipinski definition) is 1. The summed E-state index contributed by atoms with van der Waals surface area (Å²) in [5.74, 6) is 0.401. The van der Waals surface area contributed by atoms with Gasteiger partial charge >= 0.3 is 6.18 Å². The van der Waals surface area contributed by atoms with Crippen LogP contribution in [0.25, 0.3) is 0 Å². The molecule has 1 nitrogen and oxygen atoms in total. The summed E-state index contributed by atoms with van der Waals surface area (Å²) < 4.78 is 37.4. The van der Waals surface area contributed by atoms with E-state index in [-0.39, 0.29) is 0 Å². The Labute approximate surface area is 99.1 Å². The van der Waals surface area contributed by atoms with Gasteiger partial charge in [-0.15, -0.1) is 0 Å². The predicted octanol–water partition coefficient (Wildman–Crippen LogP) is 4.46. The molecule has 0 N–H and O–H groups in total. The molecule has 1 aliphatic rings. The molecule has 0 aliphatic heterocycles. The number of aromatic nitrogens is 1. The van der Waals surface area contributed by atoms with Gasteiger partial charge in [-0.05, 0) is 42.9 Å². The van der Waals surface area contributed by atoms with Crippen LogP contribution in [0, 0.1) is 6.92 Å². The summed E-state index contributed by atoms with van der Waals surface area (Å²) in [5, 5.41) is 0. The highest BCUT2D eigenvalue weighted by molar-refractivity contribution is 5.29. The van der Waals surface area contributed by atoms with Crippen molar-refractivity contribution in [3.05, 3.63) is 29.1 Å². The van der Waals surface area contributed by atoms with Crippen molar-refractivity contribution in [2.75, 3.05) is 0 Å². The Kier molecular flexibility index (Phi) is 3.40. The van der Waals surface area contributed by atoms with Crippen LogP contribution < -0.4 is 0 Å². The molecule has 17 heavy (non-hydrogen) atoms. The second-order valence-corrected chi connectivity index (χ2v) is 4.76. The summed E-state index contributed by atoms with van der Waals surface area (Å²) in [6.07, 6.45) is 2.83. The minimum Gasteiger partial charge on any atom is -0.251 e. The van der Waals surface area contributed by atoms with Crippen LogP contribution in [-0.2, 0) is 6.18 Å². The van der Waals surface area contributed by atoms with Crippen molar-refractivity contribution in [3.8, 4) is 0 Å². The largest absolute Gasteiger partial charge is 0.433 e. The minimum atomic E-state index is -4.34. The zero-order chi connectivity index (χ0) is 12.5. The van der Waals surface area contributed by atoms with E-state index >= 15 is 0 Å². The second kappa shape index (κ2) is 4.67. The van der Waals surface area contributed by atoms with E-state index < -0.39 is 11.9 Å². The van der Waals surface area contributed by atoms with Gasteiger partial charge in [0.15, 0.2) is 0 Å². The van der Waals surface area contributed by atoms with E-state index in [9.17, 15) is 13.2 Å². The molecule has 1 heterocycles. The molecule has 0 bridgehead atoms. The maximum atomic E-state index is 12.5. The lowest BCUT2D eigenvalue weighted by atomic mass is 9.83. The molecule has 4 heteroatoms. The molecule has 0 amide bonds. The van der Waals surface area contributed by atoms with Crippen LogP contribution in [0.5, 0.6) is 0 Å². The highest BCUT2D eigenvalue weighted by Crippen LogP contribution is 2.35. The average molecular weight is 243 g/mol. The van der Waals surface area contributed by atoms with Crippen molar-refractivity contribution in [1.82, 2.24) is 4.98 Å². The van der Waals surface area contributed by atoms with Crippen molar-refractivity contribution < 1.29 is 13.2 Å². The first-order valence-corrected chi connectivity index (χ1v) is 6.02. The zero-order valence-electron chi connectivity index (χ0n) is 9.85. The lowest BCUT2D eigenvalue weighted by Gasteiger charge is -2.23. The fourth-order valence-electron chi connectivity index (χ4n) is 2.56. The molecule has 0 aromatic carbocycles. The van der Waals surface area contributed by atoms with Crippen molar-refractivity contribution in [3.63, 3.8) is 0 Å². The zero-order valence-corrected chi connectivity index (χ0v) is 9.85. The first-order chi connectivity index (χ1) is 7.98. The van der Waals surface area contributed by atoms with Gasteiger partial charge in [0, 0.05) is 6.20 Å². The van der Waals surface area contributed by atoms with Crippen molar-refractivity contribution in [1.29, 1.82) is 0 Å². The quantitative estimate of drug-likeness (QED) is 0.709. The third-order valence-electron chi connectivity index (χ3n) is 3.49. The van der Waals surface area contributed by atoms with Crippen LogP contribution in [0.2, 0.25) is 0 Å². The lowest BCUT2D eigenvalue weighted by Crippen LogP contribution is -2.12. The van der Waals surface area contributed by atoms with Crippen LogP contribution >= 0.6 is 0 Å². The summed E-state index contributed by atoms with van der Waals surface area (Å²) in [6.45, 7) is 1.75. The summed E-state index contributed by atoms with van der Waals surface area (Å²) in [4.78, 5) is 3.56. The molecule has 2 rings (SSSR count). The van der Waals surface area contributed by atoms with Crippen LogP contribution in [-0.4, -0.2) is 4.98 Å². The Hall–Kier alpha value is -1.06. The molecule has 1 fully saturated rings. The predicted molar refractivity (Wildman–Crippen MR) is 59.8 cm³/mol. The number of rotatable bonds is 1. The molecule has 94 valence electrons. The van der Waals surface area contributed by atoms with Gasteiger partial charge in [0.25, 0.3) is 0 Å². The number of halogens is 3. The van der Waals surface area contributed by atoms with Crippen molar-refractivity contribution in [2.45, 2.75) is 51.1 Å². The molecule has 0 spiro atoms. The average Bonchev–Trinajstić information content (AvgIpc) is 2.29. The summed E-state index contributed by atoms with van der Waals surface area (Å²) in [7, 11) is 0. The Bertz CT molecular complexity index is 392. The fourth-order valence-corrected chi connectivity index (χ4v) is 2.56. The van der Waals surface area contributed by atoms with Crippen LogP contribution in [0.1, 0.15) is 54.8 Å². The Balaban J connectivity index is 2.25.